The van der Waals surface area contributed by atoms with E-state index in [1.54, 1.807) is 20.0 Å². The van der Waals surface area contributed by atoms with Crippen LogP contribution in [0.25, 0.3) is 22.2 Å². The van der Waals surface area contributed by atoms with Crippen LogP contribution in [0, 0.1) is 0 Å². The van der Waals surface area contributed by atoms with Crippen LogP contribution in [-0.2, 0) is 48.5 Å². The Hall–Kier alpha value is -4.78. The molecule has 0 radical (unpaired) electrons. The van der Waals surface area contributed by atoms with Crippen molar-refractivity contribution in [3.63, 3.8) is 0 Å². The van der Waals surface area contributed by atoms with Crippen molar-refractivity contribution in [1.82, 2.24) is 25.5 Å². The van der Waals surface area contributed by atoms with Gasteiger partial charge >= 0.3 is 11.9 Å². The van der Waals surface area contributed by atoms with Crippen molar-refractivity contribution in [2.45, 2.75) is 90.1 Å². The summed E-state index contributed by atoms with van der Waals surface area (Å²) in [5.74, 6) is -1.10. The molecule has 3 N–H and O–H groups in total. The van der Waals surface area contributed by atoms with E-state index in [4.69, 9.17) is 21.1 Å². The monoisotopic (exact) mass is 800 g/mol. The number of carbonyl (C=O) groups is 4. The van der Waals surface area contributed by atoms with Crippen molar-refractivity contribution >= 4 is 51.9 Å². The van der Waals surface area contributed by atoms with Gasteiger partial charge in [0.05, 0.1) is 24.9 Å². The fourth-order valence-electron chi connectivity index (χ4n) is 7.61. The van der Waals surface area contributed by atoms with Crippen LogP contribution < -0.4 is 20.9 Å². The van der Waals surface area contributed by atoms with Crippen molar-refractivity contribution in [2.75, 3.05) is 44.3 Å². The number of anilines is 1. The first kappa shape index (κ1) is 43.3. The average Bonchev–Trinajstić information content (AvgIpc) is 3.40. The van der Waals surface area contributed by atoms with Gasteiger partial charge in [-0.05, 0) is 113 Å². The molecule has 2 aromatic carbocycles. The maximum atomic E-state index is 13.8. The van der Waals surface area contributed by atoms with E-state index in [1.807, 2.05) is 48.7 Å². The predicted octanol–water partition coefficient (Wildman–Crippen LogP) is 6.31. The highest BCUT2D eigenvalue weighted by atomic mass is 35.5. The van der Waals surface area contributed by atoms with Crippen LogP contribution in [0.1, 0.15) is 76.3 Å². The molecule has 3 heterocycles. The molecule has 0 fully saturated rings. The number of halogens is 1. The molecule has 0 bridgehead atoms. The van der Waals surface area contributed by atoms with Crippen LogP contribution in [0.2, 0.25) is 5.02 Å². The standard InChI is InChI=1S/C44H57ClN6O6/c1-4-56-41(53)30-51-38-18-10-9-14-31(38)20-22-36(43(51)54)49-37(44(55)57-5-2)17-11-12-24-46-26-27-48-40(52)19-8-6-7-16-34-35-28-33(45)21-23-39(35)50(3)42(34)32-15-13-25-47-29-32/h9-10,13-15,18,21,23,25,28-29,36-37,46,49H,4-8,11-12,16-17,19-20,22,24,26-27,30H2,1-3H3,(H,48,52)/t36-,37-/m0/s1. The Morgan fingerprint density at radius 1 is 0.947 bits per heavy atom. The van der Waals surface area contributed by atoms with Gasteiger partial charge in [0.15, 0.2) is 0 Å². The smallest absolute Gasteiger partial charge is 0.326 e. The number of hydrogen-bond donors (Lipinski definition) is 3. The maximum Gasteiger partial charge on any atom is 0.326 e. The number of nitrogens with one attached hydrogen (secondary N) is 3. The topological polar surface area (TPSA) is 144 Å². The van der Waals surface area contributed by atoms with Gasteiger partial charge in [0, 0.05) is 66.1 Å². The molecular weight excluding hydrogens is 744 g/mol. The van der Waals surface area contributed by atoms with Gasteiger partial charge in [-0.3, -0.25) is 34.4 Å². The summed E-state index contributed by atoms with van der Waals surface area (Å²) in [5, 5.41) is 11.5. The molecule has 12 nitrogen and oxygen atoms in total. The lowest BCUT2D eigenvalue weighted by molar-refractivity contribution is -0.146. The van der Waals surface area contributed by atoms with Crippen molar-refractivity contribution < 1.29 is 28.7 Å². The van der Waals surface area contributed by atoms with Gasteiger partial charge in [-0.1, -0.05) is 42.6 Å². The summed E-state index contributed by atoms with van der Waals surface area (Å²) in [6.07, 6.45) is 10.9. The SMILES string of the molecule is CCOC(=O)CN1C(=O)[C@@H](N[C@@H](CCCCNCCNC(=O)CCCCCc2c(-c3cccnc3)n(C)c3ccc(Cl)cc23)C(=O)OCC)CCc2ccccc21. The average molecular weight is 801 g/mol. The summed E-state index contributed by atoms with van der Waals surface area (Å²) in [7, 11) is 2.08. The molecule has 57 heavy (non-hydrogen) atoms. The summed E-state index contributed by atoms with van der Waals surface area (Å²) in [4.78, 5) is 57.6. The van der Waals surface area contributed by atoms with Crippen LogP contribution in [0.5, 0.6) is 0 Å². The molecule has 306 valence electrons. The minimum atomic E-state index is -0.669. The van der Waals surface area contributed by atoms with Gasteiger partial charge in [-0.25, -0.2) is 0 Å². The quantitative estimate of drug-likeness (QED) is 0.0616. The summed E-state index contributed by atoms with van der Waals surface area (Å²) >= 11 is 6.39. The Kier molecular flexibility index (Phi) is 16.9. The second kappa shape index (κ2) is 22.2. The van der Waals surface area contributed by atoms with Crippen molar-refractivity contribution in [3.05, 3.63) is 83.1 Å². The van der Waals surface area contributed by atoms with Gasteiger partial charge in [-0.2, -0.15) is 0 Å². The number of rotatable bonds is 22. The number of aryl methyl sites for hydroxylation is 3. The Morgan fingerprint density at radius 2 is 1.77 bits per heavy atom. The molecule has 2 atom stereocenters. The summed E-state index contributed by atoms with van der Waals surface area (Å²) in [6.45, 7) is 5.64. The predicted molar refractivity (Wildman–Crippen MR) is 224 cm³/mol. The molecule has 1 aliphatic rings. The number of amides is 2. The minimum absolute atomic E-state index is 0.0464. The Morgan fingerprint density at radius 3 is 2.56 bits per heavy atom. The molecule has 5 rings (SSSR count). The maximum absolute atomic E-state index is 13.8. The van der Waals surface area contributed by atoms with E-state index in [-0.39, 0.29) is 31.6 Å². The van der Waals surface area contributed by atoms with Gasteiger partial charge < -0.3 is 24.7 Å². The zero-order valence-corrected chi connectivity index (χ0v) is 34.2. The Balaban J connectivity index is 0.999. The van der Waals surface area contributed by atoms with E-state index in [0.717, 1.165) is 72.8 Å². The fourth-order valence-corrected chi connectivity index (χ4v) is 7.78. The van der Waals surface area contributed by atoms with Crippen LogP contribution in [-0.4, -0.2) is 84.8 Å². The number of nitrogens with zero attached hydrogens (tertiary/aromatic N) is 3. The molecule has 0 aliphatic carbocycles. The molecule has 0 saturated heterocycles. The molecule has 1 aliphatic heterocycles. The van der Waals surface area contributed by atoms with E-state index < -0.39 is 24.0 Å². The van der Waals surface area contributed by atoms with Gasteiger partial charge in [-0.15, -0.1) is 0 Å². The number of hydrogen-bond acceptors (Lipinski definition) is 9. The Bertz CT molecular complexity index is 1950. The van der Waals surface area contributed by atoms with Crippen LogP contribution in [0.4, 0.5) is 5.69 Å². The molecule has 4 aromatic rings. The number of fused-ring (bicyclic) bond motifs is 2. The fraction of sp³-hybridized carbons (Fsp3) is 0.477. The van der Waals surface area contributed by atoms with Gasteiger partial charge in [0.25, 0.3) is 0 Å². The number of ether oxygens (including phenoxy) is 2. The molecule has 2 aromatic heterocycles. The number of esters is 2. The van der Waals surface area contributed by atoms with Crippen molar-refractivity contribution in [2.24, 2.45) is 7.05 Å². The first-order chi connectivity index (χ1) is 27.7. The van der Waals surface area contributed by atoms with E-state index in [1.165, 1.54) is 10.5 Å². The summed E-state index contributed by atoms with van der Waals surface area (Å²) in [5.41, 5.74) is 6.26. The highest BCUT2D eigenvalue weighted by Gasteiger charge is 2.34. The van der Waals surface area contributed by atoms with Crippen LogP contribution >= 0.6 is 11.6 Å². The minimum Gasteiger partial charge on any atom is -0.465 e. The summed E-state index contributed by atoms with van der Waals surface area (Å²) in [6, 6.07) is 16.3. The second-order valence-corrected chi connectivity index (χ2v) is 14.8. The van der Waals surface area contributed by atoms with Crippen LogP contribution in [0.3, 0.4) is 0 Å². The zero-order valence-electron chi connectivity index (χ0n) is 33.5. The number of benzene rings is 2. The van der Waals surface area contributed by atoms with E-state index >= 15 is 0 Å². The second-order valence-electron chi connectivity index (χ2n) is 14.4. The first-order valence-corrected chi connectivity index (χ1v) is 20.7. The Labute approximate surface area is 341 Å². The molecular formula is C44H57ClN6O6. The van der Waals surface area contributed by atoms with Crippen molar-refractivity contribution in [3.8, 4) is 11.3 Å². The highest BCUT2D eigenvalue weighted by Crippen LogP contribution is 2.35. The third-order valence-electron chi connectivity index (χ3n) is 10.4. The third-order valence-corrected chi connectivity index (χ3v) is 10.6. The largest absolute Gasteiger partial charge is 0.465 e. The van der Waals surface area contributed by atoms with Gasteiger partial charge in [0.1, 0.15) is 12.6 Å². The molecule has 0 unspecified atom stereocenters. The van der Waals surface area contributed by atoms with Crippen LogP contribution in [0.15, 0.2) is 67.0 Å². The van der Waals surface area contributed by atoms with Gasteiger partial charge in [0.2, 0.25) is 11.8 Å². The van der Waals surface area contributed by atoms with E-state index in [0.29, 0.717) is 49.5 Å². The molecule has 0 spiro atoms. The molecule has 2 amide bonds. The normalized spacial score (nSPS) is 14.6. The third kappa shape index (κ3) is 12.1. The lowest BCUT2D eigenvalue weighted by atomic mass is 10.00. The number of para-hydroxylation sites is 1. The number of carbonyl (C=O) groups excluding carboxylic acids is 4. The van der Waals surface area contributed by atoms with E-state index in [2.05, 4.69) is 44.7 Å². The lowest BCUT2D eigenvalue weighted by Crippen LogP contribution is -2.53. The molecule has 13 heteroatoms. The highest BCUT2D eigenvalue weighted by molar-refractivity contribution is 6.31. The molecule has 0 saturated carbocycles. The van der Waals surface area contributed by atoms with Crippen molar-refractivity contribution in [1.29, 1.82) is 0 Å². The number of pyridine rings is 1. The zero-order chi connectivity index (χ0) is 40.6. The first-order valence-electron chi connectivity index (χ1n) is 20.3. The van der Waals surface area contributed by atoms with E-state index in [9.17, 15) is 19.2 Å². The number of unbranched alkanes of at least 4 members (excludes halogenated alkanes) is 3. The summed E-state index contributed by atoms with van der Waals surface area (Å²) < 4.78 is 12.7. The number of aromatic nitrogens is 2. The lowest BCUT2D eigenvalue weighted by Gasteiger charge is -2.28.